The minimum atomic E-state index is 0.336. The first-order chi connectivity index (χ1) is 10.1. The van der Waals surface area contributed by atoms with Gasteiger partial charge in [-0.05, 0) is 85.5 Å². The SMILES string of the molecule is B[C@]12CC[C@]3(CP)CCCC3=C1CCc1c(C)cccc12. The maximum atomic E-state index is 3.06. The molecule has 2 heteroatoms. The van der Waals surface area contributed by atoms with Crippen LogP contribution in [0.1, 0.15) is 55.2 Å². The van der Waals surface area contributed by atoms with Crippen LogP contribution in [0.2, 0.25) is 0 Å². The van der Waals surface area contributed by atoms with Crippen LogP contribution in [0, 0.1) is 12.3 Å². The molecule has 0 aromatic heterocycles. The van der Waals surface area contributed by atoms with Gasteiger partial charge in [0, 0.05) is 0 Å². The van der Waals surface area contributed by atoms with Crippen LogP contribution in [0.15, 0.2) is 29.3 Å². The first-order valence-electron chi connectivity index (χ1n) is 8.63. The summed E-state index contributed by atoms with van der Waals surface area (Å²) in [7, 11) is 5.60. The van der Waals surface area contributed by atoms with E-state index in [2.05, 4.69) is 42.2 Å². The summed E-state index contributed by atoms with van der Waals surface area (Å²) in [5.41, 5.74) is 9.08. The van der Waals surface area contributed by atoms with Crippen molar-refractivity contribution in [2.45, 2.75) is 57.2 Å². The molecular weight excluding hydrogens is 270 g/mol. The van der Waals surface area contributed by atoms with Gasteiger partial charge in [-0.15, -0.1) is 9.24 Å². The quantitative estimate of drug-likeness (QED) is 0.419. The highest BCUT2D eigenvalue weighted by Gasteiger charge is 2.49. The van der Waals surface area contributed by atoms with Gasteiger partial charge in [-0.25, -0.2) is 0 Å². The Morgan fingerprint density at radius 2 is 1.95 bits per heavy atom. The van der Waals surface area contributed by atoms with Gasteiger partial charge < -0.3 is 0 Å². The molecular formula is C19H26BP. The van der Waals surface area contributed by atoms with Crippen LogP contribution in [0.5, 0.6) is 0 Å². The van der Waals surface area contributed by atoms with E-state index < -0.39 is 0 Å². The highest BCUT2D eigenvalue weighted by molar-refractivity contribution is 7.16. The highest BCUT2D eigenvalue weighted by atomic mass is 31.0. The van der Waals surface area contributed by atoms with Crippen LogP contribution in [-0.4, -0.2) is 14.0 Å². The molecule has 0 radical (unpaired) electrons. The molecule has 1 unspecified atom stereocenters. The second-order valence-electron chi connectivity index (χ2n) is 7.73. The van der Waals surface area contributed by atoms with Crippen molar-refractivity contribution < 1.29 is 0 Å². The normalized spacial score (nSPS) is 34.4. The van der Waals surface area contributed by atoms with Crippen LogP contribution in [0.3, 0.4) is 0 Å². The first kappa shape index (κ1) is 14.1. The van der Waals surface area contributed by atoms with Gasteiger partial charge in [0.2, 0.25) is 0 Å². The fourth-order valence-electron chi connectivity index (χ4n) is 5.59. The molecule has 21 heavy (non-hydrogen) atoms. The van der Waals surface area contributed by atoms with E-state index in [4.69, 9.17) is 0 Å². The lowest BCUT2D eigenvalue weighted by atomic mass is 9.47. The summed E-state index contributed by atoms with van der Waals surface area (Å²) in [6.45, 7) is 2.30. The third kappa shape index (κ3) is 1.80. The van der Waals surface area contributed by atoms with Crippen LogP contribution >= 0.6 is 9.24 Å². The zero-order chi connectivity index (χ0) is 14.7. The number of allylic oxidation sites excluding steroid dienone is 2. The van der Waals surface area contributed by atoms with Gasteiger partial charge in [-0.3, -0.25) is 0 Å². The highest BCUT2D eigenvalue weighted by Crippen LogP contribution is 2.59. The second-order valence-corrected chi connectivity index (χ2v) is 8.14. The maximum Gasteiger partial charge on any atom is 0.120 e. The lowest BCUT2D eigenvalue weighted by Gasteiger charge is -2.49. The van der Waals surface area contributed by atoms with Gasteiger partial charge in [0.1, 0.15) is 7.85 Å². The predicted octanol–water partition coefficient (Wildman–Crippen LogP) is 3.91. The van der Waals surface area contributed by atoms with Crippen molar-refractivity contribution in [3.8, 4) is 0 Å². The molecule has 1 saturated carbocycles. The molecule has 1 aromatic rings. The Hall–Kier alpha value is -0.545. The van der Waals surface area contributed by atoms with E-state index in [9.17, 15) is 0 Å². The molecule has 0 saturated heterocycles. The monoisotopic (exact) mass is 296 g/mol. The maximum absolute atomic E-state index is 3.06. The average molecular weight is 296 g/mol. The Balaban J connectivity index is 1.93. The number of hydrogen-bond acceptors (Lipinski definition) is 0. The number of benzene rings is 1. The van der Waals surface area contributed by atoms with Crippen molar-refractivity contribution in [3.05, 3.63) is 46.0 Å². The summed E-state index contributed by atoms with van der Waals surface area (Å²) in [6, 6.07) is 7.00. The van der Waals surface area contributed by atoms with Crippen LogP contribution in [0.25, 0.3) is 0 Å². The number of fused-ring (bicyclic) bond motifs is 4. The molecule has 0 aliphatic heterocycles. The van der Waals surface area contributed by atoms with Crippen molar-refractivity contribution >= 4 is 17.1 Å². The van der Waals surface area contributed by atoms with Gasteiger partial charge in [0.05, 0.1) is 0 Å². The van der Waals surface area contributed by atoms with E-state index in [1.54, 1.807) is 11.1 Å². The molecule has 3 aliphatic rings. The summed E-state index contributed by atoms with van der Waals surface area (Å²) in [5.74, 6) is 0. The summed E-state index contributed by atoms with van der Waals surface area (Å²) < 4.78 is 0. The zero-order valence-electron chi connectivity index (χ0n) is 13.5. The van der Waals surface area contributed by atoms with E-state index in [-0.39, 0.29) is 0 Å². The predicted molar refractivity (Wildman–Crippen MR) is 96.8 cm³/mol. The molecule has 4 rings (SSSR count). The van der Waals surface area contributed by atoms with E-state index in [1.165, 1.54) is 56.7 Å². The second kappa shape index (κ2) is 4.72. The van der Waals surface area contributed by atoms with Gasteiger partial charge >= 0.3 is 0 Å². The van der Waals surface area contributed by atoms with Crippen LogP contribution in [0.4, 0.5) is 0 Å². The van der Waals surface area contributed by atoms with E-state index in [0.717, 1.165) is 0 Å². The zero-order valence-corrected chi connectivity index (χ0v) is 14.6. The smallest absolute Gasteiger partial charge is 0.120 e. The van der Waals surface area contributed by atoms with Crippen LogP contribution in [-0.2, 0) is 11.7 Å². The summed E-state index contributed by atoms with van der Waals surface area (Å²) in [5, 5.41) is 0.336. The number of aryl methyl sites for hydroxylation is 1. The topological polar surface area (TPSA) is 0 Å². The van der Waals surface area contributed by atoms with Gasteiger partial charge in [0.15, 0.2) is 0 Å². The van der Waals surface area contributed by atoms with E-state index >= 15 is 0 Å². The minimum absolute atomic E-state index is 0.336. The lowest BCUT2D eigenvalue weighted by molar-refractivity contribution is 0.314. The van der Waals surface area contributed by atoms with Crippen molar-refractivity contribution in [3.63, 3.8) is 0 Å². The van der Waals surface area contributed by atoms with Crippen molar-refractivity contribution in [2.24, 2.45) is 5.41 Å². The lowest BCUT2D eigenvalue weighted by Crippen LogP contribution is -2.42. The molecule has 3 atom stereocenters. The number of rotatable bonds is 1. The summed E-state index contributed by atoms with van der Waals surface area (Å²) >= 11 is 0. The fraction of sp³-hybridized carbons (Fsp3) is 0.579. The molecule has 110 valence electrons. The Morgan fingerprint density at radius 3 is 2.76 bits per heavy atom. The van der Waals surface area contributed by atoms with Crippen molar-refractivity contribution in [1.29, 1.82) is 0 Å². The molecule has 1 fully saturated rings. The van der Waals surface area contributed by atoms with E-state index in [0.29, 0.717) is 10.7 Å². The van der Waals surface area contributed by atoms with Gasteiger partial charge in [0.25, 0.3) is 0 Å². The summed E-state index contributed by atoms with van der Waals surface area (Å²) in [6.07, 6.45) is 10.9. The standard InChI is InChI=1S/C19H26BP/c1-13-4-2-5-15-14(13)7-8-17-16-6-3-9-18(16,12-21)10-11-19(15,17)20/h2,4-5H,3,6-12,20-21H2,1H3/t18-,19-/m0/s1. The van der Waals surface area contributed by atoms with Gasteiger partial charge in [-0.2, -0.15) is 0 Å². The molecule has 3 aliphatic carbocycles. The van der Waals surface area contributed by atoms with Crippen molar-refractivity contribution in [1.82, 2.24) is 0 Å². The molecule has 0 N–H and O–H groups in total. The molecule has 0 amide bonds. The third-order valence-corrected chi connectivity index (χ3v) is 7.66. The fourth-order valence-corrected chi connectivity index (χ4v) is 6.25. The number of hydrogen-bond donors (Lipinski definition) is 0. The minimum Gasteiger partial charge on any atom is -0.137 e. The summed E-state index contributed by atoms with van der Waals surface area (Å²) in [4.78, 5) is 0. The Labute approximate surface area is 132 Å². The molecule has 0 bridgehead atoms. The largest absolute Gasteiger partial charge is 0.137 e. The third-order valence-electron chi connectivity index (χ3n) is 6.88. The van der Waals surface area contributed by atoms with E-state index in [1.807, 2.05) is 11.1 Å². The van der Waals surface area contributed by atoms with Crippen LogP contribution < -0.4 is 0 Å². The molecule has 0 nitrogen and oxygen atoms in total. The van der Waals surface area contributed by atoms with Gasteiger partial charge in [-0.1, -0.05) is 29.3 Å². The average Bonchev–Trinajstić information content (AvgIpc) is 2.92. The van der Waals surface area contributed by atoms with Crippen molar-refractivity contribution in [2.75, 3.05) is 6.16 Å². The molecule has 1 aromatic carbocycles. The Bertz CT molecular complexity index is 632. The molecule has 0 spiro atoms. The first-order valence-corrected chi connectivity index (χ1v) is 9.44. The molecule has 0 heterocycles. The Kier molecular flexibility index (Phi) is 3.17. The Morgan fingerprint density at radius 1 is 1.10 bits per heavy atom.